The molecular formula is C29H33N3O4. The largest absolute Gasteiger partial charge is 0.497 e. The second-order valence-corrected chi connectivity index (χ2v) is 8.97. The van der Waals surface area contributed by atoms with Crippen LogP contribution in [0, 0.1) is 5.92 Å². The SMILES string of the molecule is COc1ccc(C[C@H](NC(=O)[C@H]2CCCN(C(=O)Nc3ccccc3)C2)c2ccc(OC)cc2)cc1. The molecule has 0 spiro atoms. The second-order valence-electron chi connectivity index (χ2n) is 8.97. The summed E-state index contributed by atoms with van der Waals surface area (Å²) in [5.41, 5.74) is 2.83. The summed E-state index contributed by atoms with van der Waals surface area (Å²) in [7, 11) is 3.28. The minimum absolute atomic E-state index is 0.0402. The molecule has 1 saturated heterocycles. The zero-order valence-electron chi connectivity index (χ0n) is 20.8. The van der Waals surface area contributed by atoms with Gasteiger partial charge in [0.15, 0.2) is 0 Å². The van der Waals surface area contributed by atoms with Crippen LogP contribution in [0.3, 0.4) is 0 Å². The molecule has 1 aliphatic heterocycles. The maximum Gasteiger partial charge on any atom is 0.321 e. The maximum atomic E-state index is 13.4. The van der Waals surface area contributed by atoms with Gasteiger partial charge in [0.25, 0.3) is 0 Å². The van der Waals surface area contributed by atoms with Crippen LogP contribution < -0.4 is 20.1 Å². The minimum atomic E-state index is -0.267. The van der Waals surface area contributed by atoms with Crippen molar-refractivity contribution in [3.63, 3.8) is 0 Å². The van der Waals surface area contributed by atoms with Crippen LogP contribution >= 0.6 is 0 Å². The predicted molar refractivity (Wildman–Crippen MR) is 140 cm³/mol. The van der Waals surface area contributed by atoms with Crippen LogP contribution in [-0.4, -0.2) is 44.1 Å². The van der Waals surface area contributed by atoms with E-state index in [9.17, 15) is 9.59 Å². The molecule has 2 atom stereocenters. The number of carbonyl (C=O) groups excluding carboxylic acids is 2. The molecule has 3 aromatic carbocycles. The van der Waals surface area contributed by atoms with Gasteiger partial charge in [-0.25, -0.2) is 4.79 Å². The van der Waals surface area contributed by atoms with Gasteiger partial charge >= 0.3 is 6.03 Å². The van der Waals surface area contributed by atoms with E-state index >= 15 is 0 Å². The van der Waals surface area contributed by atoms with Crippen molar-refractivity contribution >= 4 is 17.6 Å². The van der Waals surface area contributed by atoms with E-state index < -0.39 is 0 Å². The first-order valence-corrected chi connectivity index (χ1v) is 12.2. The molecule has 0 unspecified atom stereocenters. The third-order valence-electron chi connectivity index (χ3n) is 6.54. The van der Waals surface area contributed by atoms with Gasteiger partial charge in [-0.15, -0.1) is 0 Å². The van der Waals surface area contributed by atoms with Crippen molar-refractivity contribution in [3.05, 3.63) is 90.0 Å². The van der Waals surface area contributed by atoms with Crippen LogP contribution in [0.1, 0.15) is 30.0 Å². The molecule has 0 aliphatic carbocycles. The molecule has 0 saturated carbocycles. The molecule has 0 radical (unpaired) electrons. The number of hydrogen-bond donors (Lipinski definition) is 2. The van der Waals surface area contributed by atoms with Crippen LogP contribution in [0.2, 0.25) is 0 Å². The summed E-state index contributed by atoms with van der Waals surface area (Å²) < 4.78 is 10.6. The summed E-state index contributed by atoms with van der Waals surface area (Å²) in [5.74, 6) is 1.25. The Labute approximate surface area is 212 Å². The van der Waals surface area contributed by atoms with Gasteiger partial charge in [0, 0.05) is 18.8 Å². The van der Waals surface area contributed by atoms with E-state index in [-0.39, 0.29) is 23.9 Å². The average Bonchev–Trinajstić information content (AvgIpc) is 2.93. The summed E-state index contributed by atoms with van der Waals surface area (Å²) in [6, 6.07) is 24.6. The van der Waals surface area contributed by atoms with Crippen LogP contribution in [0.25, 0.3) is 0 Å². The molecule has 3 amide bonds. The molecular weight excluding hydrogens is 454 g/mol. The van der Waals surface area contributed by atoms with Crippen molar-refractivity contribution in [3.8, 4) is 11.5 Å². The highest BCUT2D eigenvalue weighted by molar-refractivity contribution is 5.90. The Morgan fingerprint density at radius 2 is 1.56 bits per heavy atom. The molecule has 36 heavy (non-hydrogen) atoms. The zero-order chi connectivity index (χ0) is 25.3. The number of hydrogen-bond acceptors (Lipinski definition) is 4. The lowest BCUT2D eigenvalue weighted by Gasteiger charge is -2.33. The van der Waals surface area contributed by atoms with Crippen molar-refractivity contribution in [1.82, 2.24) is 10.2 Å². The number of urea groups is 1. The van der Waals surface area contributed by atoms with E-state index in [0.717, 1.165) is 41.2 Å². The lowest BCUT2D eigenvalue weighted by Crippen LogP contribution is -2.47. The van der Waals surface area contributed by atoms with Crippen LogP contribution in [0.15, 0.2) is 78.9 Å². The molecule has 188 valence electrons. The van der Waals surface area contributed by atoms with Crippen molar-refractivity contribution in [2.75, 3.05) is 32.6 Å². The number of para-hydroxylation sites is 1. The Morgan fingerprint density at radius 1 is 0.917 bits per heavy atom. The van der Waals surface area contributed by atoms with Gasteiger partial charge in [-0.05, 0) is 66.8 Å². The fourth-order valence-electron chi connectivity index (χ4n) is 4.47. The Hall–Kier alpha value is -4.00. The number of ether oxygens (including phenoxy) is 2. The quantitative estimate of drug-likeness (QED) is 0.466. The van der Waals surface area contributed by atoms with Crippen LogP contribution in [0.5, 0.6) is 11.5 Å². The fourth-order valence-corrected chi connectivity index (χ4v) is 4.47. The number of methoxy groups -OCH3 is 2. The fraction of sp³-hybridized carbons (Fsp3) is 0.310. The number of amides is 3. The van der Waals surface area contributed by atoms with Gasteiger partial charge in [-0.3, -0.25) is 4.79 Å². The third kappa shape index (κ3) is 6.56. The number of anilines is 1. The Kier molecular flexibility index (Phi) is 8.44. The zero-order valence-corrected chi connectivity index (χ0v) is 20.8. The molecule has 7 heteroatoms. The number of nitrogens with one attached hydrogen (secondary N) is 2. The number of rotatable bonds is 8. The third-order valence-corrected chi connectivity index (χ3v) is 6.54. The lowest BCUT2D eigenvalue weighted by atomic mass is 9.94. The van der Waals surface area contributed by atoms with Crippen molar-refractivity contribution < 1.29 is 19.1 Å². The minimum Gasteiger partial charge on any atom is -0.497 e. The van der Waals surface area contributed by atoms with Crippen molar-refractivity contribution in [1.29, 1.82) is 0 Å². The highest BCUT2D eigenvalue weighted by Gasteiger charge is 2.30. The average molecular weight is 488 g/mol. The standard InChI is InChI=1S/C29H33N3O4/c1-35-25-14-10-21(11-15-25)19-27(22-12-16-26(36-2)17-13-22)31-28(33)23-7-6-18-32(20-23)29(34)30-24-8-4-3-5-9-24/h3-5,8-17,23,27H,6-7,18-20H2,1-2H3,(H,30,34)(H,31,33)/t23-,27-/m0/s1. The van der Waals surface area contributed by atoms with Crippen LogP contribution in [0.4, 0.5) is 10.5 Å². The molecule has 2 N–H and O–H groups in total. The Bertz CT molecular complexity index is 1130. The van der Waals surface area contributed by atoms with E-state index in [1.54, 1.807) is 19.1 Å². The molecule has 4 rings (SSSR count). The normalized spacial score (nSPS) is 16.1. The molecule has 7 nitrogen and oxygen atoms in total. The van der Waals surface area contributed by atoms with E-state index in [4.69, 9.17) is 9.47 Å². The number of nitrogens with zero attached hydrogens (tertiary/aromatic N) is 1. The lowest BCUT2D eigenvalue weighted by molar-refractivity contribution is -0.127. The summed E-state index contributed by atoms with van der Waals surface area (Å²) in [6.45, 7) is 1.03. The van der Waals surface area contributed by atoms with Gasteiger partial charge in [0.2, 0.25) is 5.91 Å². The first-order valence-electron chi connectivity index (χ1n) is 12.2. The number of benzene rings is 3. The predicted octanol–water partition coefficient (Wildman–Crippen LogP) is 5.05. The van der Waals surface area contributed by atoms with Crippen LogP contribution in [-0.2, 0) is 11.2 Å². The van der Waals surface area contributed by atoms with E-state index in [1.165, 1.54) is 0 Å². The molecule has 1 aliphatic rings. The first-order chi connectivity index (χ1) is 17.6. The van der Waals surface area contributed by atoms with E-state index in [1.807, 2.05) is 78.9 Å². The highest BCUT2D eigenvalue weighted by atomic mass is 16.5. The smallest absolute Gasteiger partial charge is 0.321 e. The number of carbonyl (C=O) groups is 2. The Balaban J connectivity index is 1.45. The van der Waals surface area contributed by atoms with Gasteiger partial charge < -0.3 is 25.0 Å². The highest BCUT2D eigenvalue weighted by Crippen LogP contribution is 2.25. The topological polar surface area (TPSA) is 79.9 Å². The Morgan fingerprint density at radius 3 is 2.19 bits per heavy atom. The monoisotopic (exact) mass is 487 g/mol. The summed E-state index contributed by atoms with van der Waals surface area (Å²) >= 11 is 0. The number of likely N-dealkylation sites (tertiary alicyclic amines) is 1. The summed E-state index contributed by atoms with van der Waals surface area (Å²) in [4.78, 5) is 27.9. The summed E-state index contributed by atoms with van der Waals surface area (Å²) in [6.07, 6.45) is 2.16. The summed E-state index contributed by atoms with van der Waals surface area (Å²) in [5, 5.41) is 6.18. The first kappa shape index (κ1) is 25.1. The molecule has 0 aromatic heterocycles. The maximum absolute atomic E-state index is 13.4. The molecule has 1 fully saturated rings. The van der Waals surface area contributed by atoms with Crippen molar-refractivity contribution in [2.45, 2.75) is 25.3 Å². The molecule has 3 aromatic rings. The molecule has 1 heterocycles. The second kappa shape index (κ2) is 12.1. The van der Waals surface area contributed by atoms with Crippen molar-refractivity contribution in [2.24, 2.45) is 5.92 Å². The van der Waals surface area contributed by atoms with E-state index in [2.05, 4.69) is 10.6 Å². The van der Waals surface area contributed by atoms with Gasteiger partial charge in [0.05, 0.1) is 26.2 Å². The van der Waals surface area contributed by atoms with Gasteiger partial charge in [0.1, 0.15) is 11.5 Å². The number of piperidine rings is 1. The van der Waals surface area contributed by atoms with E-state index in [0.29, 0.717) is 19.5 Å². The molecule has 0 bridgehead atoms. The van der Waals surface area contributed by atoms with Gasteiger partial charge in [-0.1, -0.05) is 42.5 Å². The van der Waals surface area contributed by atoms with Gasteiger partial charge in [-0.2, -0.15) is 0 Å².